The molecule has 0 saturated heterocycles. The van der Waals surface area contributed by atoms with E-state index < -0.39 is 17.9 Å². The van der Waals surface area contributed by atoms with Crippen molar-refractivity contribution in [2.24, 2.45) is 0 Å². The highest BCUT2D eigenvalue weighted by atomic mass is 19.1. The van der Waals surface area contributed by atoms with E-state index in [-0.39, 0.29) is 5.56 Å². The summed E-state index contributed by atoms with van der Waals surface area (Å²) in [5.74, 6) is -1.78. The van der Waals surface area contributed by atoms with E-state index in [0.717, 1.165) is 6.07 Å². The molecule has 0 radical (unpaired) electrons. The normalized spacial score (nSPS) is 12.5. The smallest absolute Gasteiger partial charge is 0.337 e. The van der Waals surface area contributed by atoms with E-state index in [1.54, 1.807) is 6.92 Å². The van der Waals surface area contributed by atoms with Gasteiger partial charge in [-0.25, -0.2) is 9.18 Å². The maximum absolute atomic E-state index is 12.6. The highest BCUT2D eigenvalue weighted by molar-refractivity contribution is 5.74. The predicted molar refractivity (Wildman–Crippen MR) is 43.7 cm³/mol. The van der Waals surface area contributed by atoms with E-state index in [1.165, 1.54) is 12.1 Å². The third-order valence-corrected chi connectivity index (χ3v) is 1.76. The summed E-state index contributed by atoms with van der Waals surface area (Å²) in [5.41, 5.74) is 0.642. The number of carboxylic acids is 1. The highest BCUT2D eigenvalue weighted by Crippen LogP contribution is 2.18. The minimum atomic E-state index is -1.58. The Morgan fingerprint density at radius 1 is 1.54 bits per heavy atom. The zero-order chi connectivity index (χ0) is 10.0. The van der Waals surface area contributed by atoms with Crippen molar-refractivity contribution < 1.29 is 19.4 Å². The van der Waals surface area contributed by atoms with Gasteiger partial charge in [0.1, 0.15) is 5.82 Å². The summed E-state index contributed by atoms with van der Waals surface area (Å²) in [6, 6.07) is 3.57. The van der Waals surface area contributed by atoms with E-state index in [9.17, 15) is 9.18 Å². The molecule has 4 heteroatoms. The molecule has 0 spiro atoms. The fraction of sp³-hybridized carbons (Fsp3) is 0.222. The second-order valence-corrected chi connectivity index (χ2v) is 2.74. The van der Waals surface area contributed by atoms with Crippen LogP contribution in [-0.2, 0) is 4.79 Å². The van der Waals surface area contributed by atoms with Gasteiger partial charge in [0.05, 0.1) is 0 Å². The molecule has 0 fully saturated rings. The van der Waals surface area contributed by atoms with Crippen molar-refractivity contribution in [3.8, 4) is 0 Å². The van der Waals surface area contributed by atoms with Gasteiger partial charge in [0.25, 0.3) is 0 Å². The third kappa shape index (κ3) is 2.03. The van der Waals surface area contributed by atoms with Crippen LogP contribution in [0.3, 0.4) is 0 Å². The van der Waals surface area contributed by atoms with Crippen molar-refractivity contribution in [1.82, 2.24) is 0 Å². The maximum atomic E-state index is 12.6. The van der Waals surface area contributed by atoms with E-state index in [0.29, 0.717) is 5.56 Å². The Morgan fingerprint density at radius 3 is 2.62 bits per heavy atom. The summed E-state index contributed by atoms with van der Waals surface area (Å²) in [7, 11) is 0. The fourth-order valence-electron chi connectivity index (χ4n) is 1.08. The Balaban J connectivity index is 3.08. The van der Waals surface area contributed by atoms with Gasteiger partial charge in [-0.1, -0.05) is 6.07 Å². The highest BCUT2D eigenvalue weighted by Gasteiger charge is 2.17. The van der Waals surface area contributed by atoms with Crippen molar-refractivity contribution in [2.75, 3.05) is 0 Å². The molecule has 0 amide bonds. The molecule has 1 atom stereocenters. The molecule has 0 aliphatic rings. The molecular weight excluding hydrogens is 175 g/mol. The first-order chi connectivity index (χ1) is 6.02. The summed E-state index contributed by atoms with van der Waals surface area (Å²) in [6.45, 7) is 1.55. The molecule has 1 unspecified atom stereocenters. The molecule has 1 rings (SSSR count). The number of benzene rings is 1. The number of halogens is 1. The van der Waals surface area contributed by atoms with Crippen molar-refractivity contribution >= 4 is 5.97 Å². The van der Waals surface area contributed by atoms with Crippen LogP contribution >= 0.6 is 0 Å². The molecule has 0 aliphatic heterocycles. The van der Waals surface area contributed by atoms with Gasteiger partial charge < -0.3 is 10.2 Å². The van der Waals surface area contributed by atoms with E-state index in [4.69, 9.17) is 10.2 Å². The molecule has 1 aromatic carbocycles. The van der Waals surface area contributed by atoms with Crippen LogP contribution in [-0.4, -0.2) is 16.2 Å². The monoisotopic (exact) mass is 184 g/mol. The Hall–Kier alpha value is -1.42. The van der Waals surface area contributed by atoms with Crippen molar-refractivity contribution in [2.45, 2.75) is 13.0 Å². The summed E-state index contributed by atoms with van der Waals surface area (Å²) >= 11 is 0. The largest absolute Gasteiger partial charge is 0.479 e. The first kappa shape index (κ1) is 9.67. The number of carbonyl (C=O) groups is 1. The summed E-state index contributed by atoms with van der Waals surface area (Å²) in [5, 5.41) is 17.6. The van der Waals surface area contributed by atoms with Gasteiger partial charge in [0.15, 0.2) is 6.10 Å². The van der Waals surface area contributed by atoms with Crippen LogP contribution in [0.2, 0.25) is 0 Å². The predicted octanol–water partition coefficient (Wildman–Crippen LogP) is 1.25. The van der Waals surface area contributed by atoms with Gasteiger partial charge in [0, 0.05) is 0 Å². The zero-order valence-corrected chi connectivity index (χ0v) is 6.99. The molecule has 0 aliphatic carbocycles. The first-order valence-corrected chi connectivity index (χ1v) is 3.69. The molecule has 0 aromatic heterocycles. The molecular formula is C9H9FO3. The van der Waals surface area contributed by atoms with Gasteiger partial charge in [-0.05, 0) is 30.2 Å². The van der Waals surface area contributed by atoms with Crippen molar-refractivity contribution in [1.29, 1.82) is 0 Å². The molecule has 0 heterocycles. The van der Waals surface area contributed by atoms with Gasteiger partial charge in [0.2, 0.25) is 0 Å². The number of aryl methyl sites for hydroxylation is 1. The number of aliphatic carboxylic acids is 1. The third-order valence-electron chi connectivity index (χ3n) is 1.76. The molecule has 1 aromatic rings. The standard InChI is InChI=1S/C9H9FO3/c1-5-4-6(10)2-3-7(5)8(11)9(12)13/h2-4,8,11H,1H3,(H,12,13). The minimum Gasteiger partial charge on any atom is -0.479 e. The molecule has 0 saturated carbocycles. The average molecular weight is 184 g/mol. The van der Waals surface area contributed by atoms with Crippen molar-refractivity contribution in [3.63, 3.8) is 0 Å². The van der Waals surface area contributed by atoms with Gasteiger partial charge in [-0.2, -0.15) is 0 Å². The zero-order valence-electron chi connectivity index (χ0n) is 6.99. The Bertz CT molecular complexity index is 336. The molecule has 3 nitrogen and oxygen atoms in total. The van der Waals surface area contributed by atoms with Crippen LogP contribution in [0.15, 0.2) is 18.2 Å². The van der Waals surface area contributed by atoms with Gasteiger partial charge >= 0.3 is 5.97 Å². The molecule has 13 heavy (non-hydrogen) atoms. The summed E-state index contributed by atoms with van der Waals surface area (Å²) in [4.78, 5) is 10.4. The average Bonchev–Trinajstić information content (AvgIpc) is 2.03. The van der Waals surface area contributed by atoms with Crippen LogP contribution < -0.4 is 0 Å². The lowest BCUT2D eigenvalue weighted by atomic mass is 10.0. The van der Waals surface area contributed by atoms with Crippen molar-refractivity contribution in [3.05, 3.63) is 35.1 Å². The van der Waals surface area contributed by atoms with Crippen LogP contribution in [0.5, 0.6) is 0 Å². The minimum absolute atomic E-state index is 0.217. The second-order valence-electron chi connectivity index (χ2n) is 2.74. The Labute approximate surface area is 74.4 Å². The molecule has 2 N–H and O–H groups in total. The van der Waals surface area contributed by atoms with E-state index in [1.807, 2.05) is 0 Å². The lowest BCUT2D eigenvalue weighted by molar-refractivity contribution is -0.147. The van der Waals surface area contributed by atoms with Crippen LogP contribution in [0, 0.1) is 12.7 Å². The van der Waals surface area contributed by atoms with Crippen LogP contribution in [0.1, 0.15) is 17.2 Å². The SMILES string of the molecule is Cc1cc(F)ccc1C(O)C(=O)O. The second kappa shape index (κ2) is 3.53. The number of rotatable bonds is 2. The van der Waals surface area contributed by atoms with E-state index >= 15 is 0 Å². The maximum Gasteiger partial charge on any atom is 0.337 e. The topological polar surface area (TPSA) is 57.5 Å². The quantitative estimate of drug-likeness (QED) is 0.727. The number of hydrogen-bond donors (Lipinski definition) is 2. The van der Waals surface area contributed by atoms with Crippen LogP contribution in [0.25, 0.3) is 0 Å². The lowest BCUT2D eigenvalue weighted by Crippen LogP contribution is -2.11. The number of aliphatic hydroxyl groups is 1. The number of hydrogen-bond acceptors (Lipinski definition) is 2. The lowest BCUT2D eigenvalue weighted by Gasteiger charge is -2.08. The number of aliphatic hydroxyl groups excluding tert-OH is 1. The van der Waals surface area contributed by atoms with Gasteiger partial charge in [-0.15, -0.1) is 0 Å². The fourth-order valence-corrected chi connectivity index (χ4v) is 1.08. The Morgan fingerprint density at radius 2 is 2.15 bits per heavy atom. The van der Waals surface area contributed by atoms with Crippen LogP contribution in [0.4, 0.5) is 4.39 Å². The molecule has 0 bridgehead atoms. The first-order valence-electron chi connectivity index (χ1n) is 3.69. The van der Waals surface area contributed by atoms with E-state index in [2.05, 4.69) is 0 Å². The van der Waals surface area contributed by atoms with Gasteiger partial charge in [-0.3, -0.25) is 0 Å². The number of carboxylic acid groups (broad SMARTS) is 1. The molecule has 70 valence electrons. The summed E-state index contributed by atoms with van der Waals surface area (Å²) in [6.07, 6.45) is -1.58. The summed E-state index contributed by atoms with van der Waals surface area (Å²) < 4.78 is 12.6. The Kier molecular flexibility index (Phi) is 2.63.